The molecule has 122 valence electrons. The Bertz CT molecular complexity index is 621. The fraction of sp³-hybridized carbons (Fsp3) is 0.278. The lowest BCUT2D eigenvalue weighted by atomic mass is 10.1. The van der Waals surface area contributed by atoms with Gasteiger partial charge in [-0.1, -0.05) is 42.5 Å². The molecule has 0 heterocycles. The minimum absolute atomic E-state index is 0.0692. The van der Waals surface area contributed by atoms with Crippen molar-refractivity contribution in [2.75, 3.05) is 18.5 Å². The van der Waals surface area contributed by atoms with E-state index in [4.69, 9.17) is 17.0 Å². The summed E-state index contributed by atoms with van der Waals surface area (Å²) in [6.07, 6.45) is 0.885. The second kappa shape index (κ2) is 9.22. The number of benzene rings is 2. The summed E-state index contributed by atoms with van der Waals surface area (Å²) in [7, 11) is 0. The molecule has 0 spiro atoms. The standard InChI is InChI=1S/C18H21FN2OS/c1-14(15-8-3-2-4-9-15)22-13-7-12-20-18(23)21-17-11-6-5-10-16(17)19/h2-6,8-11,14H,7,12-13H2,1H3,(H2,20,21,23)/t14-/m1/s1. The molecule has 0 aliphatic heterocycles. The van der Waals surface area contributed by atoms with Gasteiger partial charge in [-0.2, -0.15) is 0 Å². The predicted molar refractivity (Wildman–Crippen MR) is 96.0 cm³/mol. The van der Waals surface area contributed by atoms with Crippen molar-refractivity contribution in [2.45, 2.75) is 19.4 Å². The molecule has 0 fully saturated rings. The van der Waals surface area contributed by atoms with Crippen LogP contribution in [-0.2, 0) is 4.74 Å². The summed E-state index contributed by atoms with van der Waals surface area (Å²) in [6, 6.07) is 16.5. The Morgan fingerprint density at radius 2 is 1.83 bits per heavy atom. The molecule has 0 saturated heterocycles. The smallest absolute Gasteiger partial charge is 0.170 e. The highest BCUT2D eigenvalue weighted by atomic mass is 32.1. The van der Waals surface area contributed by atoms with Gasteiger partial charge in [0, 0.05) is 13.2 Å². The number of rotatable bonds is 7. The third kappa shape index (κ3) is 5.96. The van der Waals surface area contributed by atoms with Gasteiger partial charge >= 0.3 is 0 Å². The molecule has 23 heavy (non-hydrogen) atoms. The monoisotopic (exact) mass is 332 g/mol. The first-order chi connectivity index (χ1) is 11.2. The molecule has 0 aromatic heterocycles. The van der Waals surface area contributed by atoms with Gasteiger partial charge in [-0.15, -0.1) is 0 Å². The van der Waals surface area contributed by atoms with E-state index >= 15 is 0 Å². The first-order valence-corrected chi connectivity index (χ1v) is 8.03. The molecule has 2 aromatic rings. The molecule has 0 aliphatic carbocycles. The highest BCUT2D eigenvalue weighted by Gasteiger charge is 2.05. The van der Waals surface area contributed by atoms with Gasteiger partial charge in [-0.05, 0) is 43.3 Å². The SMILES string of the molecule is C[C@@H](OCCCNC(=S)Nc1ccccc1F)c1ccccc1. The molecular weight excluding hydrogens is 311 g/mol. The number of hydrogen-bond donors (Lipinski definition) is 2. The zero-order valence-electron chi connectivity index (χ0n) is 13.1. The van der Waals surface area contributed by atoms with Gasteiger partial charge in [-0.3, -0.25) is 0 Å². The normalized spacial score (nSPS) is 11.7. The van der Waals surface area contributed by atoms with Crippen LogP contribution >= 0.6 is 12.2 Å². The molecule has 0 bridgehead atoms. The molecular formula is C18H21FN2OS. The van der Waals surface area contributed by atoms with Crippen LogP contribution < -0.4 is 10.6 Å². The maximum atomic E-state index is 13.5. The Balaban J connectivity index is 1.62. The summed E-state index contributed by atoms with van der Waals surface area (Å²) in [5, 5.41) is 6.29. The van der Waals surface area contributed by atoms with Gasteiger partial charge in [0.15, 0.2) is 5.11 Å². The molecule has 5 heteroatoms. The zero-order chi connectivity index (χ0) is 16.5. The van der Waals surface area contributed by atoms with E-state index in [0.29, 0.717) is 24.0 Å². The van der Waals surface area contributed by atoms with Crippen molar-refractivity contribution >= 4 is 23.0 Å². The zero-order valence-corrected chi connectivity index (χ0v) is 13.9. The van der Waals surface area contributed by atoms with Crippen LogP contribution in [-0.4, -0.2) is 18.3 Å². The van der Waals surface area contributed by atoms with E-state index in [2.05, 4.69) is 22.8 Å². The van der Waals surface area contributed by atoms with E-state index in [1.807, 2.05) is 25.1 Å². The van der Waals surface area contributed by atoms with E-state index in [9.17, 15) is 4.39 Å². The van der Waals surface area contributed by atoms with E-state index < -0.39 is 0 Å². The summed E-state index contributed by atoms with van der Waals surface area (Å²) in [4.78, 5) is 0. The maximum absolute atomic E-state index is 13.5. The van der Waals surface area contributed by atoms with Crippen molar-refractivity contribution in [3.05, 3.63) is 66.0 Å². The van der Waals surface area contributed by atoms with E-state index in [-0.39, 0.29) is 11.9 Å². The number of para-hydroxylation sites is 1. The summed E-state index contributed by atoms with van der Waals surface area (Å²) in [5.41, 5.74) is 1.54. The van der Waals surface area contributed by atoms with E-state index in [1.54, 1.807) is 18.2 Å². The Hall–Kier alpha value is -1.98. The van der Waals surface area contributed by atoms with Crippen LogP contribution in [0.15, 0.2) is 54.6 Å². The number of anilines is 1. The van der Waals surface area contributed by atoms with E-state index in [0.717, 1.165) is 12.0 Å². The topological polar surface area (TPSA) is 33.3 Å². The number of nitrogens with one attached hydrogen (secondary N) is 2. The van der Waals surface area contributed by atoms with Crippen LogP contribution in [0.1, 0.15) is 25.0 Å². The fourth-order valence-electron chi connectivity index (χ4n) is 2.08. The average Bonchev–Trinajstić information content (AvgIpc) is 2.57. The van der Waals surface area contributed by atoms with Gasteiger partial charge in [0.25, 0.3) is 0 Å². The summed E-state index contributed by atoms with van der Waals surface area (Å²) >= 11 is 5.14. The lowest BCUT2D eigenvalue weighted by molar-refractivity contribution is 0.0646. The summed E-state index contributed by atoms with van der Waals surface area (Å²) < 4.78 is 19.3. The molecule has 2 N–H and O–H groups in total. The molecule has 2 aromatic carbocycles. The summed E-state index contributed by atoms with van der Waals surface area (Å²) in [6.45, 7) is 3.33. The number of ether oxygens (including phenoxy) is 1. The molecule has 1 atom stereocenters. The average molecular weight is 332 g/mol. The third-order valence-corrected chi connectivity index (χ3v) is 3.61. The molecule has 0 aliphatic rings. The first kappa shape index (κ1) is 17.4. The molecule has 3 nitrogen and oxygen atoms in total. The largest absolute Gasteiger partial charge is 0.374 e. The number of thiocarbonyl (C=S) groups is 1. The van der Waals surface area contributed by atoms with E-state index in [1.165, 1.54) is 6.07 Å². The lowest BCUT2D eigenvalue weighted by Gasteiger charge is -2.14. The first-order valence-electron chi connectivity index (χ1n) is 7.63. The van der Waals surface area contributed by atoms with Crippen LogP contribution in [0.2, 0.25) is 0 Å². The quantitative estimate of drug-likeness (QED) is 0.586. The minimum atomic E-state index is -0.323. The Labute approximate surface area is 141 Å². The highest BCUT2D eigenvalue weighted by Crippen LogP contribution is 2.15. The van der Waals surface area contributed by atoms with Crippen molar-refractivity contribution in [2.24, 2.45) is 0 Å². The lowest BCUT2D eigenvalue weighted by Crippen LogP contribution is -2.30. The fourth-order valence-corrected chi connectivity index (χ4v) is 2.30. The van der Waals surface area contributed by atoms with Crippen molar-refractivity contribution in [1.82, 2.24) is 5.32 Å². The molecule has 0 amide bonds. The summed E-state index contributed by atoms with van der Waals surface area (Å²) in [5.74, 6) is -0.323. The van der Waals surface area contributed by atoms with Gasteiger partial charge in [0.2, 0.25) is 0 Å². The van der Waals surface area contributed by atoms with Crippen LogP contribution in [0.4, 0.5) is 10.1 Å². The predicted octanol–water partition coefficient (Wildman–Crippen LogP) is 4.28. The van der Waals surface area contributed by atoms with Crippen LogP contribution in [0, 0.1) is 5.82 Å². The van der Waals surface area contributed by atoms with Crippen LogP contribution in [0.5, 0.6) is 0 Å². The maximum Gasteiger partial charge on any atom is 0.170 e. The second-order valence-electron chi connectivity index (χ2n) is 5.14. The van der Waals surface area contributed by atoms with Crippen LogP contribution in [0.25, 0.3) is 0 Å². The molecule has 0 radical (unpaired) electrons. The highest BCUT2D eigenvalue weighted by molar-refractivity contribution is 7.80. The van der Waals surface area contributed by atoms with Crippen LogP contribution in [0.3, 0.4) is 0 Å². The van der Waals surface area contributed by atoms with Crippen molar-refractivity contribution < 1.29 is 9.13 Å². The third-order valence-electron chi connectivity index (χ3n) is 3.37. The Morgan fingerprint density at radius 3 is 2.57 bits per heavy atom. The van der Waals surface area contributed by atoms with Gasteiger partial charge < -0.3 is 15.4 Å². The van der Waals surface area contributed by atoms with Crippen molar-refractivity contribution in [3.8, 4) is 0 Å². The molecule has 0 unspecified atom stereocenters. The minimum Gasteiger partial charge on any atom is -0.374 e. The second-order valence-corrected chi connectivity index (χ2v) is 5.55. The van der Waals surface area contributed by atoms with Crippen molar-refractivity contribution in [3.63, 3.8) is 0 Å². The number of hydrogen-bond acceptors (Lipinski definition) is 2. The molecule has 2 rings (SSSR count). The van der Waals surface area contributed by atoms with Gasteiger partial charge in [-0.25, -0.2) is 4.39 Å². The Kier molecular flexibility index (Phi) is 6.97. The Morgan fingerprint density at radius 1 is 1.13 bits per heavy atom. The van der Waals surface area contributed by atoms with Gasteiger partial charge in [0.05, 0.1) is 11.8 Å². The number of halogens is 1. The van der Waals surface area contributed by atoms with Gasteiger partial charge in [0.1, 0.15) is 5.82 Å². The molecule has 0 saturated carbocycles. The van der Waals surface area contributed by atoms with Crippen molar-refractivity contribution in [1.29, 1.82) is 0 Å².